The molecule has 0 fully saturated rings. The third-order valence-electron chi connectivity index (χ3n) is 3.60. The molecule has 0 radical (unpaired) electrons. The van der Waals surface area contributed by atoms with E-state index >= 15 is 0 Å². The summed E-state index contributed by atoms with van der Waals surface area (Å²) in [5.74, 6) is -0.731. The molecule has 26 heavy (non-hydrogen) atoms. The number of nitrogens with zero attached hydrogens (tertiary/aromatic N) is 3. The summed E-state index contributed by atoms with van der Waals surface area (Å²) in [5.41, 5.74) is -0.182. The lowest BCUT2D eigenvalue weighted by atomic mass is 10.1. The first-order chi connectivity index (χ1) is 12.1. The standard InChI is InChI=1S/C15H13F4N4O2S/c1-22-6-7-23-9-13(20-12(23)8-22)26(24,25)21-14(15(17,18)19)10-2-4-11(16)5-3-10/h2-9,14,21H,1H3/q+1/t14-/m1/s1. The van der Waals surface area contributed by atoms with Crippen LogP contribution in [0.2, 0.25) is 0 Å². The van der Waals surface area contributed by atoms with Gasteiger partial charge in [0.05, 0.1) is 6.20 Å². The van der Waals surface area contributed by atoms with Crippen LogP contribution in [0.15, 0.2) is 54.1 Å². The van der Waals surface area contributed by atoms with Crippen LogP contribution in [0.3, 0.4) is 0 Å². The fraction of sp³-hybridized carbons (Fsp3) is 0.200. The van der Waals surface area contributed by atoms with E-state index in [1.807, 2.05) is 0 Å². The Balaban J connectivity index is 1.99. The highest BCUT2D eigenvalue weighted by molar-refractivity contribution is 7.89. The number of sulfonamides is 1. The highest BCUT2D eigenvalue weighted by Crippen LogP contribution is 2.34. The normalized spacial score (nSPS) is 13.9. The van der Waals surface area contributed by atoms with Crippen molar-refractivity contribution in [3.8, 4) is 0 Å². The SMILES string of the molecule is C[n+]1ccn2cc(S(=O)(=O)N[C@H](c3ccc(F)cc3)C(F)(F)F)nc2c1. The van der Waals surface area contributed by atoms with Gasteiger partial charge in [-0.25, -0.2) is 22.4 Å². The van der Waals surface area contributed by atoms with E-state index in [1.165, 1.54) is 16.8 Å². The number of aromatic nitrogens is 3. The Morgan fingerprint density at radius 2 is 1.88 bits per heavy atom. The van der Waals surface area contributed by atoms with Crippen LogP contribution in [0.25, 0.3) is 5.65 Å². The highest BCUT2D eigenvalue weighted by atomic mass is 32.2. The van der Waals surface area contributed by atoms with Gasteiger partial charge in [0.15, 0.2) is 11.2 Å². The predicted octanol–water partition coefficient (Wildman–Crippen LogP) is 1.88. The molecular formula is C15H13F4N4O2S+. The number of rotatable bonds is 4. The lowest BCUT2D eigenvalue weighted by molar-refractivity contribution is -0.670. The summed E-state index contributed by atoms with van der Waals surface area (Å²) in [6, 6.07) is 0.869. The summed E-state index contributed by atoms with van der Waals surface area (Å²) in [4.78, 5) is 3.85. The third-order valence-corrected chi connectivity index (χ3v) is 4.89. The molecule has 0 aliphatic rings. The van der Waals surface area contributed by atoms with Crippen molar-refractivity contribution in [2.75, 3.05) is 0 Å². The Kier molecular flexibility index (Phi) is 4.44. The van der Waals surface area contributed by atoms with Crippen LogP contribution in [-0.4, -0.2) is 24.0 Å². The average Bonchev–Trinajstić information content (AvgIpc) is 2.97. The van der Waals surface area contributed by atoms with Gasteiger partial charge in [-0.05, 0) is 17.7 Å². The van der Waals surface area contributed by atoms with E-state index in [4.69, 9.17) is 0 Å². The van der Waals surface area contributed by atoms with E-state index in [9.17, 15) is 26.0 Å². The number of hydrogen-bond acceptors (Lipinski definition) is 3. The first-order valence-electron chi connectivity index (χ1n) is 7.25. The molecule has 6 nitrogen and oxygen atoms in total. The summed E-state index contributed by atoms with van der Waals surface area (Å²) in [5, 5.41) is -0.555. The molecule has 11 heteroatoms. The van der Waals surface area contributed by atoms with Crippen molar-refractivity contribution in [3.05, 3.63) is 60.4 Å². The van der Waals surface area contributed by atoms with Gasteiger partial charge in [-0.2, -0.15) is 17.9 Å². The van der Waals surface area contributed by atoms with E-state index in [-0.39, 0.29) is 5.65 Å². The van der Waals surface area contributed by atoms with Gasteiger partial charge in [-0.15, -0.1) is 0 Å². The van der Waals surface area contributed by atoms with Gasteiger partial charge >= 0.3 is 6.18 Å². The maximum atomic E-state index is 13.4. The molecule has 138 valence electrons. The van der Waals surface area contributed by atoms with E-state index < -0.39 is 38.6 Å². The summed E-state index contributed by atoms with van der Waals surface area (Å²) >= 11 is 0. The first-order valence-corrected chi connectivity index (χ1v) is 8.73. The molecule has 1 N–H and O–H groups in total. The summed E-state index contributed by atoms with van der Waals surface area (Å²) in [7, 11) is -2.89. The van der Waals surface area contributed by atoms with Gasteiger partial charge in [-0.3, -0.25) is 4.40 Å². The number of benzene rings is 1. The maximum absolute atomic E-state index is 13.4. The van der Waals surface area contributed by atoms with Gasteiger partial charge in [-0.1, -0.05) is 12.1 Å². The van der Waals surface area contributed by atoms with Gasteiger partial charge in [0.2, 0.25) is 11.8 Å². The summed E-state index contributed by atoms with van der Waals surface area (Å²) < 4.78 is 82.5. The van der Waals surface area contributed by atoms with Crippen molar-refractivity contribution in [2.45, 2.75) is 17.2 Å². The minimum absolute atomic E-state index is 0.251. The second-order valence-corrected chi connectivity index (χ2v) is 7.25. The second-order valence-electron chi connectivity index (χ2n) is 5.58. The lowest BCUT2D eigenvalue weighted by Gasteiger charge is -2.21. The molecule has 0 spiro atoms. The maximum Gasteiger partial charge on any atom is 0.408 e. The molecule has 0 bridgehead atoms. The fourth-order valence-electron chi connectivity index (χ4n) is 2.33. The molecule has 0 aliphatic carbocycles. The molecule has 0 aliphatic heterocycles. The average molecular weight is 389 g/mol. The number of alkyl halides is 3. The number of imidazole rings is 1. The number of aryl methyl sites for hydroxylation is 1. The lowest BCUT2D eigenvalue weighted by Crippen LogP contribution is -2.38. The predicted molar refractivity (Wildman–Crippen MR) is 81.9 cm³/mol. The topological polar surface area (TPSA) is 67.3 Å². The molecule has 2 heterocycles. The summed E-state index contributed by atoms with van der Waals surface area (Å²) in [6.45, 7) is 0. The molecule has 1 atom stereocenters. The zero-order valence-corrected chi connectivity index (χ0v) is 14.1. The fourth-order valence-corrected chi connectivity index (χ4v) is 3.49. The molecule has 0 amide bonds. The molecule has 2 aromatic heterocycles. The van der Waals surface area contributed by atoms with Crippen molar-refractivity contribution in [2.24, 2.45) is 7.05 Å². The molecular weight excluding hydrogens is 376 g/mol. The van der Waals surface area contributed by atoms with Crippen LogP contribution in [-0.2, 0) is 17.1 Å². The molecule has 0 unspecified atom stereocenters. The van der Waals surface area contributed by atoms with E-state index in [2.05, 4.69) is 4.98 Å². The molecule has 3 rings (SSSR count). The molecule has 1 aromatic carbocycles. The van der Waals surface area contributed by atoms with Crippen LogP contribution in [0, 0.1) is 5.82 Å². The smallest absolute Gasteiger partial charge is 0.295 e. The van der Waals surface area contributed by atoms with Crippen molar-refractivity contribution in [1.82, 2.24) is 14.1 Å². The van der Waals surface area contributed by atoms with E-state index in [0.29, 0.717) is 0 Å². The second kappa shape index (κ2) is 6.32. The molecule has 3 aromatic rings. The number of halogens is 4. The Morgan fingerprint density at radius 1 is 1.23 bits per heavy atom. The van der Waals surface area contributed by atoms with Crippen molar-refractivity contribution < 1.29 is 30.5 Å². The van der Waals surface area contributed by atoms with Crippen LogP contribution in [0.5, 0.6) is 0 Å². The number of fused-ring (bicyclic) bond motifs is 1. The van der Waals surface area contributed by atoms with E-state index in [1.54, 1.807) is 22.5 Å². The Hall–Kier alpha value is -2.53. The van der Waals surface area contributed by atoms with Gasteiger partial charge < -0.3 is 0 Å². The third kappa shape index (κ3) is 3.68. The number of nitrogens with one attached hydrogen (secondary N) is 1. The number of hydrogen-bond donors (Lipinski definition) is 1. The Morgan fingerprint density at radius 3 is 2.50 bits per heavy atom. The highest BCUT2D eigenvalue weighted by Gasteiger charge is 2.44. The van der Waals surface area contributed by atoms with E-state index in [0.717, 1.165) is 30.5 Å². The Bertz CT molecular complexity index is 1050. The van der Waals surface area contributed by atoms with Crippen molar-refractivity contribution >= 4 is 15.7 Å². The van der Waals surface area contributed by atoms with Crippen molar-refractivity contribution in [3.63, 3.8) is 0 Å². The van der Waals surface area contributed by atoms with Crippen molar-refractivity contribution in [1.29, 1.82) is 0 Å². The zero-order valence-electron chi connectivity index (χ0n) is 13.3. The Labute approximate surface area is 145 Å². The van der Waals surface area contributed by atoms with Gasteiger partial charge in [0.1, 0.15) is 18.9 Å². The molecule has 0 saturated carbocycles. The molecule has 0 saturated heterocycles. The first kappa shape index (κ1) is 18.3. The zero-order chi connectivity index (χ0) is 19.1. The largest absolute Gasteiger partial charge is 0.408 e. The summed E-state index contributed by atoms with van der Waals surface area (Å²) in [6.07, 6.45) is 0.838. The monoisotopic (exact) mass is 389 g/mol. The van der Waals surface area contributed by atoms with Gasteiger partial charge in [0.25, 0.3) is 10.0 Å². The minimum atomic E-state index is -4.92. The van der Waals surface area contributed by atoms with Gasteiger partial charge in [0, 0.05) is 6.20 Å². The minimum Gasteiger partial charge on any atom is -0.295 e. The van der Waals surface area contributed by atoms with Crippen LogP contribution < -0.4 is 9.29 Å². The van der Waals surface area contributed by atoms with Crippen LogP contribution >= 0.6 is 0 Å². The van der Waals surface area contributed by atoms with Crippen LogP contribution in [0.4, 0.5) is 17.6 Å². The van der Waals surface area contributed by atoms with Crippen LogP contribution in [0.1, 0.15) is 11.6 Å². The quantitative estimate of drug-likeness (QED) is 0.547.